The van der Waals surface area contributed by atoms with Gasteiger partial charge in [0.1, 0.15) is 11.3 Å². The molecule has 0 saturated heterocycles. The first kappa shape index (κ1) is 17.0. The van der Waals surface area contributed by atoms with E-state index < -0.39 is 11.9 Å². The molecule has 0 saturated carbocycles. The van der Waals surface area contributed by atoms with E-state index in [1.807, 2.05) is 6.07 Å². The Morgan fingerprint density at radius 2 is 1.56 bits per heavy atom. The molecule has 2 aromatic rings. The fourth-order valence-electron chi connectivity index (χ4n) is 3.32. The smallest absolute Gasteiger partial charge is 0.341 e. The summed E-state index contributed by atoms with van der Waals surface area (Å²) in [6.45, 7) is 0.574. The van der Waals surface area contributed by atoms with Crippen LogP contribution in [0.1, 0.15) is 55.3 Å². The van der Waals surface area contributed by atoms with Crippen molar-refractivity contribution in [3.8, 4) is 0 Å². The third-order valence-corrected chi connectivity index (χ3v) is 4.45. The van der Waals surface area contributed by atoms with Gasteiger partial charge in [-0.25, -0.2) is 9.59 Å². The van der Waals surface area contributed by atoms with Gasteiger partial charge >= 0.3 is 11.9 Å². The third kappa shape index (κ3) is 2.84. The van der Waals surface area contributed by atoms with Crippen molar-refractivity contribution in [1.29, 1.82) is 0 Å². The molecule has 1 aromatic heterocycles. The molecule has 0 atom stereocenters. The highest BCUT2D eigenvalue weighted by molar-refractivity contribution is 6.17. The van der Waals surface area contributed by atoms with Crippen LogP contribution in [0.5, 0.6) is 0 Å². The first-order chi connectivity index (χ1) is 12.1. The van der Waals surface area contributed by atoms with Crippen LogP contribution >= 0.6 is 0 Å². The molecule has 0 unspecified atom stereocenters. The molecule has 25 heavy (non-hydrogen) atoms. The molecule has 130 valence electrons. The number of hydrogen-bond donors (Lipinski definition) is 0. The highest BCUT2D eigenvalue weighted by Crippen LogP contribution is 2.31. The summed E-state index contributed by atoms with van der Waals surface area (Å²) < 4.78 is 11.5. The highest BCUT2D eigenvalue weighted by Gasteiger charge is 2.36. The number of carbonyl (C=O) groups is 3. The minimum absolute atomic E-state index is 0.0000954. The fourth-order valence-corrected chi connectivity index (χ4v) is 3.32. The lowest BCUT2D eigenvalue weighted by atomic mass is 10.0. The number of ketones is 1. The van der Waals surface area contributed by atoms with E-state index in [2.05, 4.69) is 0 Å². The number of methoxy groups -OCH3 is 2. The van der Waals surface area contributed by atoms with E-state index >= 15 is 0 Å². The van der Waals surface area contributed by atoms with E-state index in [9.17, 15) is 14.4 Å². The predicted octanol–water partition coefficient (Wildman–Crippen LogP) is 2.63. The monoisotopic (exact) mass is 341 g/mol. The number of benzene rings is 1. The van der Waals surface area contributed by atoms with Crippen molar-refractivity contribution in [3.63, 3.8) is 0 Å². The van der Waals surface area contributed by atoms with E-state index in [1.165, 1.54) is 14.2 Å². The number of esters is 2. The van der Waals surface area contributed by atoms with Crippen molar-refractivity contribution in [1.82, 2.24) is 4.57 Å². The molecule has 0 fully saturated rings. The average Bonchev–Trinajstić information content (AvgIpc) is 3.02. The van der Waals surface area contributed by atoms with Crippen LogP contribution in [-0.4, -0.2) is 36.5 Å². The molecular formula is C19H19NO5. The molecule has 1 aliphatic rings. The molecule has 0 N–H and O–H groups in total. The van der Waals surface area contributed by atoms with Gasteiger partial charge in [-0.3, -0.25) is 4.79 Å². The summed E-state index contributed by atoms with van der Waals surface area (Å²) >= 11 is 0. The lowest BCUT2D eigenvalue weighted by molar-refractivity contribution is 0.0554. The molecular weight excluding hydrogens is 322 g/mol. The molecule has 0 amide bonds. The van der Waals surface area contributed by atoms with Gasteiger partial charge in [0.2, 0.25) is 5.78 Å². The van der Waals surface area contributed by atoms with E-state index in [4.69, 9.17) is 9.47 Å². The van der Waals surface area contributed by atoms with Gasteiger partial charge in [-0.1, -0.05) is 30.3 Å². The van der Waals surface area contributed by atoms with Crippen molar-refractivity contribution in [2.45, 2.75) is 25.8 Å². The Labute approximate surface area is 145 Å². The third-order valence-electron chi connectivity index (χ3n) is 4.45. The normalized spacial score (nSPS) is 13.0. The van der Waals surface area contributed by atoms with Crippen molar-refractivity contribution < 1.29 is 23.9 Å². The zero-order valence-corrected chi connectivity index (χ0v) is 14.2. The van der Waals surface area contributed by atoms with Crippen molar-refractivity contribution in [2.75, 3.05) is 14.2 Å². The first-order valence-corrected chi connectivity index (χ1v) is 8.11. The molecule has 1 aliphatic heterocycles. The Morgan fingerprint density at radius 3 is 2.20 bits per heavy atom. The van der Waals surface area contributed by atoms with E-state index in [0.29, 0.717) is 24.2 Å². The summed E-state index contributed by atoms with van der Waals surface area (Å²) in [6, 6.07) is 8.69. The topological polar surface area (TPSA) is 74.6 Å². The maximum absolute atomic E-state index is 13.1. The summed E-state index contributed by atoms with van der Waals surface area (Å²) in [5.74, 6) is -1.64. The zero-order chi connectivity index (χ0) is 18.0. The average molecular weight is 341 g/mol. The lowest BCUT2D eigenvalue weighted by Crippen LogP contribution is -2.18. The van der Waals surface area contributed by atoms with Crippen LogP contribution in [0.25, 0.3) is 0 Å². The standard InChI is InChI=1S/C19H19NO5/c1-24-18(22)14-13-10-6-7-11-20(13)16(15(14)19(23)25-2)17(21)12-8-4-3-5-9-12/h3-5,8-9H,6-7,10-11H2,1-2H3. The number of nitrogens with zero attached hydrogens (tertiary/aromatic N) is 1. The molecule has 0 radical (unpaired) electrons. The number of rotatable bonds is 4. The predicted molar refractivity (Wildman–Crippen MR) is 89.9 cm³/mol. The van der Waals surface area contributed by atoms with Gasteiger partial charge in [-0.2, -0.15) is 0 Å². The summed E-state index contributed by atoms with van der Waals surface area (Å²) in [5.41, 5.74) is 1.47. The van der Waals surface area contributed by atoms with Gasteiger partial charge in [-0.05, 0) is 19.3 Å². The number of aromatic nitrogens is 1. The number of hydrogen-bond acceptors (Lipinski definition) is 5. The molecule has 0 spiro atoms. The van der Waals surface area contributed by atoms with Crippen LogP contribution < -0.4 is 0 Å². The Balaban J connectivity index is 2.29. The Hall–Kier alpha value is -2.89. The van der Waals surface area contributed by atoms with Crippen LogP contribution in [0.4, 0.5) is 0 Å². The summed E-state index contributed by atoms with van der Waals surface area (Å²) in [7, 11) is 2.49. The molecule has 2 heterocycles. The Kier molecular flexibility index (Phi) is 4.70. The molecule has 1 aromatic carbocycles. The largest absolute Gasteiger partial charge is 0.465 e. The number of carbonyl (C=O) groups excluding carboxylic acids is 3. The van der Waals surface area contributed by atoms with Crippen LogP contribution in [0.2, 0.25) is 0 Å². The van der Waals surface area contributed by atoms with Gasteiger partial charge < -0.3 is 14.0 Å². The summed E-state index contributed by atoms with van der Waals surface area (Å²) in [5, 5.41) is 0. The molecule has 0 aliphatic carbocycles. The summed E-state index contributed by atoms with van der Waals surface area (Å²) in [6.07, 6.45) is 2.36. The van der Waals surface area contributed by atoms with Gasteiger partial charge in [0.25, 0.3) is 0 Å². The zero-order valence-electron chi connectivity index (χ0n) is 14.2. The highest BCUT2D eigenvalue weighted by atomic mass is 16.5. The minimum atomic E-state index is -0.707. The Bertz CT molecular complexity index is 835. The van der Waals surface area contributed by atoms with Crippen LogP contribution in [-0.2, 0) is 22.4 Å². The van der Waals surface area contributed by atoms with Crippen LogP contribution in [0.3, 0.4) is 0 Å². The minimum Gasteiger partial charge on any atom is -0.465 e. The SMILES string of the molecule is COC(=O)c1c(C(=O)OC)c(C(=O)c2ccccc2)n2c1CCCC2. The van der Waals surface area contributed by atoms with Crippen LogP contribution in [0.15, 0.2) is 30.3 Å². The lowest BCUT2D eigenvalue weighted by Gasteiger charge is -2.18. The van der Waals surface area contributed by atoms with Gasteiger partial charge in [0.15, 0.2) is 0 Å². The van der Waals surface area contributed by atoms with Crippen LogP contribution in [0, 0.1) is 0 Å². The van der Waals surface area contributed by atoms with Gasteiger partial charge in [-0.15, -0.1) is 0 Å². The molecule has 3 rings (SSSR count). The second-order valence-corrected chi connectivity index (χ2v) is 5.83. The van der Waals surface area contributed by atoms with E-state index in [1.54, 1.807) is 28.8 Å². The maximum atomic E-state index is 13.1. The van der Waals surface area contributed by atoms with Crippen molar-refractivity contribution in [2.24, 2.45) is 0 Å². The molecule has 6 nitrogen and oxygen atoms in total. The molecule has 0 bridgehead atoms. The van der Waals surface area contributed by atoms with Crippen molar-refractivity contribution in [3.05, 3.63) is 58.4 Å². The number of fused-ring (bicyclic) bond motifs is 1. The second kappa shape index (κ2) is 6.93. The van der Waals surface area contributed by atoms with E-state index in [0.717, 1.165) is 12.8 Å². The summed E-state index contributed by atoms with van der Waals surface area (Å²) in [4.78, 5) is 37.9. The maximum Gasteiger partial charge on any atom is 0.341 e. The van der Waals surface area contributed by atoms with E-state index in [-0.39, 0.29) is 22.6 Å². The number of ether oxygens (including phenoxy) is 2. The second-order valence-electron chi connectivity index (χ2n) is 5.83. The Morgan fingerprint density at radius 1 is 0.920 bits per heavy atom. The first-order valence-electron chi connectivity index (χ1n) is 8.11. The van der Waals surface area contributed by atoms with Crippen molar-refractivity contribution >= 4 is 17.7 Å². The van der Waals surface area contributed by atoms with Gasteiger partial charge in [0, 0.05) is 17.8 Å². The quantitative estimate of drug-likeness (QED) is 0.631. The van der Waals surface area contributed by atoms with Gasteiger partial charge in [0.05, 0.1) is 19.8 Å². The fraction of sp³-hybridized carbons (Fsp3) is 0.316. The molecule has 6 heteroatoms.